The highest BCUT2D eigenvalue weighted by Gasteiger charge is 2.16. The van der Waals surface area contributed by atoms with E-state index in [9.17, 15) is 19.7 Å². The fourth-order valence-electron chi connectivity index (χ4n) is 2.38. The molecule has 3 rings (SSSR count). The summed E-state index contributed by atoms with van der Waals surface area (Å²) in [6.07, 6.45) is 0. The van der Waals surface area contributed by atoms with E-state index < -0.39 is 16.6 Å². The van der Waals surface area contributed by atoms with Gasteiger partial charge in [0.2, 0.25) is 5.91 Å². The third-order valence-corrected chi connectivity index (χ3v) is 3.87. The Morgan fingerprint density at radius 3 is 2.80 bits per heavy atom. The monoisotopic (exact) mass is 361 g/mol. The quantitative estimate of drug-likeness (QED) is 0.567. The maximum atomic E-state index is 12.3. The first-order valence-electron chi connectivity index (χ1n) is 7.19. The van der Waals surface area contributed by atoms with E-state index in [1.165, 1.54) is 12.1 Å². The van der Waals surface area contributed by atoms with Gasteiger partial charge in [0.1, 0.15) is 6.54 Å². The number of carbonyl (C=O) groups excluding carboxylic acids is 1. The fourth-order valence-corrected chi connectivity index (χ4v) is 2.55. The molecule has 0 saturated heterocycles. The number of aromatic nitrogens is 1. The van der Waals surface area contributed by atoms with Crippen molar-refractivity contribution in [3.8, 4) is 0 Å². The second kappa shape index (κ2) is 6.40. The van der Waals surface area contributed by atoms with Gasteiger partial charge in [-0.15, -0.1) is 0 Å². The van der Waals surface area contributed by atoms with Crippen molar-refractivity contribution in [2.24, 2.45) is 0 Å². The summed E-state index contributed by atoms with van der Waals surface area (Å²) in [5.74, 6) is -1.22. The molecule has 25 heavy (non-hydrogen) atoms. The molecule has 3 aromatic rings. The lowest BCUT2D eigenvalue weighted by Gasteiger charge is -2.09. The Labute approximate surface area is 145 Å². The summed E-state index contributed by atoms with van der Waals surface area (Å²) in [4.78, 5) is 34.4. The zero-order chi connectivity index (χ0) is 18.1. The van der Waals surface area contributed by atoms with Crippen molar-refractivity contribution in [2.75, 3.05) is 5.32 Å². The van der Waals surface area contributed by atoms with E-state index in [2.05, 4.69) is 5.32 Å². The van der Waals surface area contributed by atoms with Gasteiger partial charge >= 0.3 is 5.76 Å². The van der Waals surface area contributed by atoms with Gasteiger partial charge in [0, 0.05) is 16.8 Å². The van der Waals surface area contributed by atoms with Crippen LogP contribution >= 0.6 is 11.6 Å². The number of oxazole rings is 1. The molecular weight excluding hydrogens is 350 g/mol. The highest BCUT2D eigenvalue weighted by molar-refractivity contribution is 6.31. The number of non-ortho nitro benzene ring substituents is 1. The number of nitro groups is 1. The number of carbonyl (C=O) groups is 1. The van der Waals surface area contributed by atoms with E-state index in [1.807, 2.05) is 6.92 Å². The van der Waals surface area contributed by atoms with Gasteiger partial charge in [-0.05, 0) is 30.7 Å². The van der Waals surface area contributed by atoms with Crippen LogP contribution in [0.3, 0.4) is 0 Å². The number of aryl methyl sites for hydroxylation is 1. The highest BCUT2D eigenvalue weighted by atomic mass is 35.5. The number of benzene rings is 2. The maximum Gasteiger partial charge on any atom is 0.420 e. The number of anilines is 1. The summed E-state index contributed by atoms with van der Waals surface area (Å²) >= 11 is 5.91. The molecule has 9 heteroatoms. The van der Waals surface area contributed by atoms with E-state index in [0.29, 0.717) is 16.2 Å². The summed E-state index contributed by atoms with van der Waals surface area (Å²) in [6.45, 7) is 1.51. The van der Waals surface area contributed by atoms with E-state index >= 15 is 0 Å². The SMILES string of the molecule is Cc1ccc(Cl)cc1NC(=O)Cn1c(=O)oc2cc([N+](=O)[O-])ccc21. The molecule has 1 amide bonds. The van der Waals surface area contributed by atoms with Crippen LogP contribution in [0.5, 0.6) is 0 Å². The van der Waals surface area contributed by atoms with Gasteiger partial charge in [-0.3, -0.25) is 19.5 Å². The molecular formula is C16H12ClN3O5. The number of hydrogen-bond acceptors (Lipinski definition) is 5. The van der Waals surface area contributed by atoms with Crippen LogP contribution in [0, 0.1) is 17.0 Å². The number of rotatable bonds is 4. The van der Waals surface area contributed by atoms with Crippen molar-refractivity contribution >= 4 is 40.0 Å². The smallest absolute Gasteiger partial charge is 0.407 e. The largest absolute Gasteiger partial charge is 0.420 e. The molecule has 0 aliphatic heterocycles. The highest BCUT2D eigenvalue weighted by Crippen LogP contribution is 2.22. The van der Waals surface area contributed by atoms with Crippen molar-refractivity contribution in [1.29, 1.82) is 0 Å². The first-order chi connectivity index (χ1) is 11.8. The Kier molecular flexibility index (Phi) is 4.28. The Morgan fingerprint density at radius 1 is 1.32 bits per heavy atom. The number of halogens is 1. The molecule has 1 N–H and O–H groups in total. The minimum atomic E-state index is -0.770. The van der Waals surface area contributed by atoms with Crippen LogP contribution < -0.4 is 11.1 Å². The summed E-state index contributed by atoms with van der Waals surface area (Å²) in [5, 5.41) is 13.9. The first kappa shape index (κ1) is 16.7. The van der Waals surface area contributed by atoms with Crippen LogP contribution in [0.15, 0.2) is 45.6 Å². The van der Waals surface area contributed by atoms with Crippen molar-refractivity contribution in [2.45, 2.75) is 13.5 Å². The maximum absolute atomic E-state index is 12.3. The van der Waals surface area contributed by atoms with Gasteiger partial charge in [-0.1, -0.05) is 17.7 Å². The number of nitrogens with one attached hydrogen (secondary N) is 1. The second-order valence-electron chi connectivity index (χ2n) is 5.37. The minimum absolute atomic E-state index is 0.0472. The molecule has 0 saturated carbocycles. The van der Waals surface area contributed by atoms with Gasteiger partial charge in [0.25, 0.3) is 5.69 Å². The zero-order valence-corrected chi connectivity index (χ0v) is 13.7. The first-order valence-corrected chi connectivity index (χ1v) is 7.57. The fraction of sp³-hybridized carbons (Fsp3) is 0.125. The zero-order valence-electron chi connectivity index (χ0n) is 13.0. The lowest BCUT2D eigenvalue weighted by molar-refractivity contribution is -0.384. The number of amides is 1. The van der Waals surface area contributed by atoms with Gasteiger partial charge in [-0.2, -0.15) is 0 Å². The number of hydrogen-bond donors (Lipinski definition) is 1. The van der Waals surface area contributed by atoms with E-state index in [0.717, 1.165) is 16.2 Å². The molecule has 0 fully saturated rings. The molecule has 0 spiro atoms. The van der Waals surface area contributed by atoms with Gasteiger partial charge < -0.3 is 9.73 Å². The molecule has 0 bridgehead atoms. The molecule has 1 aromatic heterocycles. The summed E-state index contributed by atoms with van der Waals surface area (Å²) in [6, 6.07) is 8.83. The van der Waals surface area contributed by atoms with Crippen LogP contribution in [0.2, 0.25) is 5.02 Å². The number of nitro benzene ring substituents is 1. The number of fused-ring (bicyclic) bond motifs is 1. The molecule has 1 heterocycles. The molecule has 0 atom stereocenters. The van der Waals surface area contributed by atoms with Crippen LogP contribution in [0.25, 0.3) is 11.1 Å². The van der Waals surface area contributed by atoms with Crippen molar-refractivity contribution in [3.05, 3.63) is 67.6 Å². The van der Waals surface area contributed by atoms with Crippen molar-refractivity contribution in [3.63, 3.8) is 0 Å². The summed E-state index contributed by atoms with van der Waals surface area (Å²) in [7, 11) is 0. The van der Waals surface area contributed by atoms with Crippen LogP contribution in [-0.2, 0) is 11.3 Å². The molecule has 0 unspecified atom stereocenters. The van der Waals surface area contributed by atoms with E-state index in [4.69, 9.17) is 16.0 Å². The van der Waals surface area contributed by atoms with Crippen LogP contribution in [0.1, 0.15) is 5.56 Å². The van der Waals surface area contributed by atoms with Crippen molar-refractivity contribution < 1.29 is 14.1 Å². The Morgan fingerprint density at radius 2 is 2.08 bits per heavy atom. The molecule has 128 valence electrons. The lowest BCUT2D eigenvalue weighted by Crippen LogP contribution is -2.25. The van der Waals surface area contributed by atoms with E-state index in [-0.39, 0.29) is 17.8 Å². The molecule has 8 nitrogen and oxygen atoms in total. The lowest BCUT2D eigenvalue weighted by atomic mass is 10.2. The molecule has 0 radical (unpaired) electrons. The summed E-state index contributed by atoms with van der Waals surface area (Å²) < 4.78 is 6.09. The molecule has 0 aliphatic carbocycles. The third-order valence-electron chi connectivity index (χ3n) is 3.64. The van der Waals surface area contributed by atoms with Gasteiger partial charge in [-0.25, -0.2) is 4.79 Å². The van der Waals surface area contributed by atoms with E-state index in [1.54, 1.807) is 18.2 Å². The van der Waals surface area contributed by atoms with Gasteiger partial charge in [0.05, 0.1) is 16.5 Å². The topological polar surface area (TPSA) is 107 Å². The predicted molar refractivity (Wildman–Crippen MR) is 91.9 cm³/mol. The third kappa shape index (κ3) is 3.38. The molecule has 0 aliphatic rings. The summed E-state index contributed by atoms with van der Waals surface area (Å²) in [5.41, 5.74) is 1.50. The second-order valence-corrected chi connectivity index (χ2v) is 5.81. The Bertz CT molecular complexity index is 1050. The average Bonchev–Trinajstić information content (AvgIpc) is 2.86. The molecule has 2 aromatic carbocycles. The van der Waals surface area contributed by atoms with Crippen LogP contribution in [0.4, 0.5) is 11.4 Å². The van der Waals surface area contributed by atoms with Crippen molar-refractivity contribution in [1.82, 2.24) is 4.57 Å². The minimum Gasteiger partial charge on any atom is -0.407 e. The Hall–Kier alpha value is -3.13. The standard InChI is InChI=1S/C16H12ClN3O5/c1-9-2-3-10(17)6-12(9)18-15(21)8-19-13-5-4-11(20(23)24)7-14(13)25-16(19)22/h2-7H,8H2,1H3,(H,18,21). The normalized spacial score (nSPS) is 10.8. The van der Waals surface area contributed by atoms with Crippen LogP contribution in [-0.4, -0.2) is 15.4 Å². The van der Waals surface area contributed by atoms with Gasteiger partial charge in [0.15, 0.2) is 5.58 Å². The Balaban J connectivity index is 1.88. The number of nitrogens with zero attached hydrogens (tertiary/aromatic N) is 2. The predicted octanol–water partition coefficient (Wildman–Crippen LogP) is 3.10. The average molecular weight is 362 g/mol.